The summed E-state index contributed by atoms with van der Waals surface area (Å²) in [5, 5.41) is 17.3. The molecule has 1 spiro atoms. The lowest BCUT2D eigenvalue weighted by molar-refractivity contribution is -0.299. The van der Waals surface area contributed by atoms with Crippen molar-refractivity contribution in [1.29, 1.82) is 0 Å². The second-order valence-corrected chi connectivity index (χ2v) is 6.41. The zero-order chi connectivity index (χ0) is 17.3. The Morgan fingerprint density at radius 2 is 1.68 bits per heavy atom. The zero-order valence-electron chi connectivity index (χ0n) is 12.9. The molecule has 2 N–H and O–H groups in total. The molecule has 2 amide bonds. The van der Waals surface area contributed by atoms with Crippen LogP contribution in [0.25, 0.3) is 5.57 Å². The number of hydrogen-bond acceptors (Lipinski definition) is 4. The SMILES string of the molecule is O=C([O-])C1=C2C(=O)Nc3cccc(c32)[C@]2(C1)C(=O)Nc1ccccc12. The normalized spacial score (nSPS) is 22.6. The van der Waals surface area contributed by atoms with Crippen molar-refractivity contribution in [3.8, 4) is 0 Å². The van der Waals surface area contributed by atoms with Crippen LogP contribution < -0.4 is 15.7 Å². The third-order valence-electron chi connectivity index (χ3n) is 5.26. The summed E-state index contributed by atoms with van der Waals surface area (Å²) in [5.41, 5.74) is 1.82. The van der Waals surface area contributed by atoms with Crippen molar-refractivity contribution in [2.45, 2.75) is 11.8 Å². The molecule has 0 saturated carbocycles. The number of nitrogens with one attached hydrogen (secondary N) is 2. The molecular weight excluding hydrogens is 320 g/mol. The highest BCUT2D eigenvalue weighted by Crippen LogP contribution is 2.55. The number of carbonyl (C=O) groups is 3. The lowest BCUT2D eigenvalue weighted by Crippen LogP contribution is -2.42. The molecule has 0 unspecified atom stereocenters. The molecule has 6 nitrogen and oxygen atoms in total. The number of para-hydroxylation sites is 1. The number of carbonyl (C=O) groups excluding carboxylic acids is 3. The van der Waals surface area contributed by atoms with E-state index in [0.717, 1.165) is 0 Å². The van der Waals surface area contributed by atoms with Gasteiger partial charge in [0, 0.05) is 16.9 Å². The second kappa shape index (κ2) is 4.36. The summed E-state index contributed by atoms with van der Waals surface area (Å²) < 4.78 is 0. The third-order valence-corrected chi connectivity index (χ3v) is 5.26. The van der Waals surface area contributed by atoms with Crippen LogP contribution in [-0.2, 0) is 19.8 Å². The number of aliphatic carboxylic acids is 1. The van der Waals surface area contributed by atoms with Crippen molar-refractivity contribution in [2.75, 3.05) is 10.6 Å². The Hall–Kier alpha value is -3.41. The predicted octanol–water partition coefficient (Wildman–Crippen LogP) is 0.784. The standard InChI is InChI=1S/C19H12N2O4/c22-16-14-9(17(23)24)8-19(11-5-3-7-13(20-16)15(11)14)10-4-1-2-6-12(10)21-18(19)25/h1-7H,8H2,(H,20,22)(H,21,25)(H,23,24)/p-1/t19-/m1/s1. The van der Waals surface area contributed by atoms with E-state index in [1.54, 1.807) is 24.3 Å². The molecule has 2 aromatic rings. The summed E-state index contributed by atoms with van der Waals surface area (Å²) in [7, 11) is 0. The first-order valence-electron chi connectivity index (χ1n) is 7.84. The van der Waals surface area contributed by atoms with E-state index in [-0.39, 0.29) is 23.5 Å². The minimum absolute atomic E-state index is 0.105. The highest BCUT2D eigenvalue weighted by Gasteiger charge is 2.54. The smallest absolute Gasteiger partial charge is 0.256 e. The molecular formula is C19H11N2O4-. The summed E-state index contributed by atoms with van der Waals surface area (Å²) in [6, 6.07) is 12.5. The van der Waals surface area contributed by atoms with Gasteiger partial charge in [-0.3, -0.25) is 9.59 Å². The molecule has 2 heterocycles. The van der Waals surface area contributed by atoms with Gasteiger partial charge in [0.2, 0.25) is 5.91 Å². The number of rotatable bonds is 1. The van der Waals surface area contributed by atoms with E-state index in [1.165, 1.54) is 0 Å². The highest BCUT2D eigenvalue weighted by atomic mass is 16.4. The Morgan fingerprint density at radius 3 is 2.48 bits per heavy atom. The average Bonchev–Trinajstić information content (AvgIpc) is 3.07. The van der Waals surface area contributed by atoms with Gasteiger partial charge >= 0.3 is 0 Å². The van der Waals surface area contributed by atoms with E-state index < -0.39 is 17.3 Å². The first-order valence-corrected chi connectivity index (χ1v) is 7.84. The summed E-state index contributed by atoms with van der Waals surface area (Å²) in [6.45, 7) is 0. The van der Waals surface area contributed by atoms with E-state index >= 15 is 0 Å². The highest BCUT2D eigenvalue weighted by molar-refractivity contribution is 6.36. The summed E-state index contributed by atoms with van der Waals surface area (Å²) in [4.78, 5) is 37.1. The largest absolute Gasteiger partial charge is 0.545 e. The van der Waals surface area contributed by atoms with Crippen LogP contribution in [0.1, 0.15) is 23.1 Å². The Labute approximate surface area is 142 Å². The van der Waals surface area contributed by atoms with Gasteiger partial charge in [-0.05, 0) is 35.3 Å². The van der Waals surface area contributed by atoms with E-state index in [0.29, 0.717) is 28.1 Å². The maximum atomic E-state index is 13.0. The number of benzene rings is 2. The minimum atomic E-state index is -1.43. The predicted molar refractivity (Wildman–Crippen MR) is 87.5 cm³/mol. The van der Waals surface area contributed by atoms with Gasteiger partial charge < -0.3 is 20.5 Å². The van der Waals surface area contributed by atoms with Crippen molar-refractivity contribution in [3.63, 3.8) is 0 Å². The number of hydrogen-bond donors (Lipinski definition) is 2. The van der Waals surface area contributed by atoms with Gasteiger partial charge in [-0.25, -0.2) is 0 Å². The lowest BCUT2D eigenvalue weighted by atomic mass is 9.65. The molecule has 0 aromatic heterocycles. The molecule has 6 heteroatoms. The van der Waals surface area contributed by atoms with Gasteiger partial charge in [0.05, 0.1) is 11.5 Å². The van der Waals surface area contributed by atoms with E-state index in [4.69, 9.17) is 0 Å². The number of fused-ring (bicyclic) bond motifs is 3. The van der Waals surface area contributed by atoms with Crippen LogP contribution in [0.2, 0.25) is 0 Å². The Kier molecular flexibility index (Phi) is 2.44. The van der Waals surface area contributed by atoms with Crippen LogP contribution in [0.15, 0.2) is 48.0 Å². The summed E-state index contributed by atoms with van der Waals surface area (Å²) >= 11 is 0. The number of carboxylic acid groups (broad SMARTS) is 1. The summed E-state index contributed by atoms with van der Waals surface area (Å²) in [5.74, 6) is -2.19. The Morgan fingerprint density at radius 1 is 0.960 bits per heavy atom. The first kappa shape index (κ1) is 14.0. The fourth-order valence-electron chi connectivity index (χ4n) is 4.25. The monoisotopic (exact) mass is 331 g/mol. The second-order valence-electron chi connectivity index (χ2n) is 6.41. The molecule has 3 aliphatic rings. The average molecular weight is 331 g/mol. The van der Waals surface area contributed by atoms with Crippen molar-refractivity contribution < 1.29 is 19.5 Å². The molecule has 1 atom stereocenters. The van der Waals surface area contributed by atoms with Crippen LogP contribution >= 0.6 is 0 Å². The molecule has 0 bridgehead atoms. The molecule has 0 saturated heterocycles. The van der Waals surface area contributed by atoms with Crippen LogP contribution in [0.3, 0.4) is 0 Å². The zero-order valence-corrected chi connectivity index (χ0v) is 12.9. The van der Waals surface area contributed by atoms with Gasteiger partial charge in [0.25, 0.3) is 5.91 Å². The van der Waals surface area contributed by atoms with E-state index in [9.17, 15) is 19.5 Å². The number of carboxylic acids is 1. The molecule has 2 aromatic carbocycles. The molecule has 1 aliphatic carbocycles. The van der Waals surface area contributed by atoms with E-state index in [1.807, 2.05) is 18.2 Å². The van der Waals surface area contributed by atoms with Gasteiger partial charge in [-0.2, -0.15) is 0 Å². The fraction of sp³-hybridized carbons (Fsp3) is 0.105. The topological polar surface area (TPSA) is 98.3 Å². The van der Waals surface area contributed by atoms with Gasteiger partial charge in [-0.1, -0.05) is 30.3 Å². The molecule has 5 rings (SSSR count). The third kappa shape index (κ3) is 1.51. The maximum absolute atomic E-state index is 13.0. The van der Waals surface area contributed by atoms with Crippen LogP contribution in [0.4, 0.5) is 11.4 Å². The molecule has 0 fully saturated rings. The quantitative estimate of drug-likeness (QED) is 0.807. The lowest BCUT2D eigenvalue weighted by Gasteiger charge is -2.35. The van der Waals surface area contributed by atoms with Gasteiger partial charge in [0.1, 0.15) is 5.41 Å². The van der Waals surface area contributed by atoms with Crippen LogP contribution in [-0.4, -0.2) is 17.8 Å². The Balaban J connectivity index is 1.92. The number of anilines is 2. The van der Waals surface area contributed by atoms with Gasteiger partial charge in [0.15, 0.2) is 0 Å². The Bertz CT molecular complexity index is 1050. The van der Waals surface area contributed by atoms with Crippen molar-refractivity contribution in [1.82, 2.24) is 0 Å². The maximum Gasteiger partial charge on any atom is 0.256 e. The summed E-state index contributed by atoms with van der Waals surface area (Å²) in [6.07, 6.45) is -0.114. The van der Waals surface area contributed by atoms with Gasteiger partial charge in [-0.15, -0.1) is 0 Å². The minimum Gasteiger partial charge on any atom is -0.545 e. The fourth-order valence-corrected chi connectivity index (χ4v) is 4.25. The molecule has 2 aliphatic heterocycles. The van der Waals surface area contributed by atoms with Crippen LogP contribution in [0, 0.1) is 0 Å². The van der Waals surface area contributed by atoms with Crippen molar-refractivity contribution in [3.05, 3.63) is 64.7 Å². The molecule has 122 valence electrons. The van der Waals surface area contributed by atoms with Crippen LogP contribution in [0.5, 0.6) is 0 Å². The number of amides is 2. The molecule has 25 heavy (non-hydrogen) atoms. The first-order chi connectivity index (χ1) is 12.0. The molecule has 0 radical (unpaired) electrons. The van der Waals surface area contributed by atoms with E-state index in [2.05, 4.69) is 10.6 Å². The van der Waals surface area contributed by atoms with Crippen molar-refractivity contribution in [2.24, 2.45) is 0 Å². The van der Waals surface area contributed by atoms with Crippen molar-refractivity contribution >= 4 is 34.7 Å².